The first kappa shape index (κ1) is 16.2. The highest BCUT2D eigenvalue weighted by molar-refractivity contribution is 5.76. The van der Waals surface area contributed by atoms with Crippen LogP contribution in [-0.4, -0.2) is 15.0 Å². The fourth-order valence-electron chi connectivity index (χ4n) is 2.11. The summed E-state index contributed by atoms with van der Waals surface area (Å²) in [5.41, 5.74) is 0.436. The van der Waals surface area contributed by atoms with E-state index >= 15 is 0 Å². The van der Waals surface area contributed by atoms with Crippen LogP contribution in [0.15, 0.2) is 46.1 Å². The Bertz CT molecular complexity index is 872. The molecule has 1 unspecified atom stereocenters. The number of hydrogen-bond acceptors (Lipinski definition) is 4. The van der Waals surface area contributed by atoms with Crippen LogP contribution in [0.2, 0.25) is 0 Å². The minimum Gasteiger partial charge on any atom is -0.348 e. The van der Waals surface area contributed by atoms with Crippen molar-refractivity contribution >= 4 is 5.91 Å². The molecule has 0 saturated heterocycles. The van der Waals surface area contributed by atoms with Gasteiger partial charge < -0.3 is 5.32 Å². The van der Waals surface area contributed by atoms with E-state index in [1.165, 1.54) is 23.9 Å². The predicted molar refractivity (Wildman–Crippen MR) is 83.7 cm³/mol. The summed E-state index contributed by atoms with van der Waals surface area (Å²) < 4.78 is 2.11. The fourth-order valence-corrected chi connectivity index (χ4v) is 2.11. The van der Waals surface area contributed by atoms with Crippen molar-refractivity contribution in [2.45, 2.75) is 19.5 Å². The maximum atomic E-state index is 12.1. The van der Waals surface area contributed by atoms with Crippen LogP contribution in [0.3, 0.4) is 0 Å². The van der Waals surface area contributed by atoms with E-state index in [1.54, 1.807) is 24.3 Å². The molecule has 1 atom stereocenters. The van der Waals surface area contributed by atoms with Crippen molar-refractivity contribution in [2.75, 3.05) is 0 Å². The maximum absolute atomic E-state index is 12.1. The van der Waals surface area contributed by atoms with Gasteiger partial charge in [-0.25, -0.2) is 4.79 Å². The quantitative estimate of drug-likeness (QED) is 0.878. The van der Waals surface area contributed by atoms with Crippen LogP contribution in [0.25, 0.3) is 0 Å². The number of nitrogens with zero attached hydrogens (tertiary/aromatic N) is 3. The molecule has 23 heavy (non-hydrogen) atoms. The minimum atomic E-state index is -0.543. The van der Waals surface area contributed by atoms with Crippen LogP contribution in [0.1, 0.15) is 24.1 Å². The summed E-state index contributed by atoms with van der Waals surface area (Å²) in [5, 5.41) is 11.5. The monoisotopic (exact) mass is 312 g/mol. The summed E-state index contributed by atoms with van der Waals surface area (Å²) in [6.07, 6.45) is 1.30. The van der Waals surface area contributed by atoms with Crippen molar-refractivity contribution in [2.24, 2.45) is 7.05 Å². The number of aromatic nitrogens is 2. The number of benzene rings is 1. The van der Waals surface area contributed by atoms with E-state index in [0.29, 0.717) is 5.56 Å². The molecule has 118 valence electrons. The van der Waals surface area contributed by atoms with Gasteiger partial charge in [-0.15, -0.1) is 0 Å². The molecule has 2 aromatic rings. The molecule has 0 aliphatic carbocycles. The third-order valence-corrected chi connectivity index (χ3v) is 3.49. The molecule has 1 aromatic heterocycles. The van der Waals surface area contributed by atoms with Crippen LogP contribution in [0, 0.1) is 11.3 Å². The van der Waals surface area contributed by atoms with E-state index in [9.17, 15) is 14.4 Å². The summed E-state index contributed by atoms with van der Waals surface area (Å²) in [7, 11) is 1.36. The lowest BCUT2D eigenvalue weighted by Crippen LogP contribution is -2.40. The average molecular weight is 312 g/mol. The number of rotatable bonds is 4. The molecule has 0 fully saturated rings. The van der Waals surface area contributed by atoms with Gasteiger partial charge in [-0.3, -0.25) is 18.7 Å². The Morgan fingerprint density at radius 3 is 2.52 bits per heavy atom. The van der Waals surface area contributed by atoms with E-state index in [1.807, 2.05) is 13.0 Å². The van der Waals surface area contributed by atoms with Gasteiger partial charge in [-0.1, -0.05) is 12.1 Å². The predicted octanol–water partition coefficient (Wildman–Crippen LogP) is 0.296. The second kappa shape index (κ2) is 6.75. The van der Waals surface area contributed by atoms with E-state index in [4.69, 9.17) is 5.26 Å². The Balaban J connectivity index is 2.07. The SMILES string of the molecule is CC(NC(=O)Cn1ccc(=O)n(C)c1=O)c1ccc(C#N)cc1. The van der Waals surface area contributed by atoms with Gasteiger partial charge in [-0.05, 0) is 24.6 Å². The number of amides is 1. The van der Waals surface area contributed by atoms with E-state index in [2.05, 4.69) is 5.32 Å². The Morgan fingerprint density at radius 2 is 1.91 bits per heavy atom. The highest BCUT2D eigenvalue weighted by atomic mass is 16.2. The third-order valence-electron chi connectivity index (χ3n) is 3.49. The lowest BCUT2D eigenvalue weighted by molar-refractivity contribution is -0.122. The molecule has 7 heteroatoms. The minimum absolute atomic E-state index is 0.173. The number of nitriles is 1. The normalized spacial score (nSPS) is 11.5. The van der Waals surface area contributed by atoms with Crippen LogP contribution in [-0.2, 0) is 18.4 Å². The third kappa shape index (κ3) is 3.74. The summed E-state index contributed by atoms with van der Waals surface area (Å²) in [5.74, 6) is -0.345. The van der Waals surface area contributed by atoms with Crippen molar-refractivity contribution in [3.63, 3.8) is 0 Å². The number of hydrogen-bond donors (Lipinski definition) is 1. The molecule has 1 amide bonds. The second-order valence-electron chi connectivity index (χ2n) is 5.15. The highest BCUT2D eigenvalue weighted by Crippen LogP contribution is 2.12. The molecular weight excluding hydrogens is 296 g/mol. The molecule has 0 aliphatic heterocycles. The average Bonchev–Trinajstić information content (AvgIpc) is 2.55. The first-order valence-electron chi connectivity index (χ1n) is 6.98. The molecule has 0 radical (unpaired) electrons. The van der Waals surface area contributed by atoms with E-state index in [0.717, 1.165) is 10.1 Å². The van der Waals surface area contributed by atoms with E-state index in [-0.39, 0.29) is 18.5 Å². The van der Waals surface area contributed by atoms with Crippen molar-refractivity contribution in [3.8, 4) is 6.07 Å². The molecule has 1 heterocycles. The van der Waals surface area contributed by atoms with Crippen molar-refractivity contribution < 1.29 is 4.79 Å². The van der Waals surface area contributed by atoms with Crippen molar-refractivity contribution in [3.05, 3.63) is 68.5 Å². The first-order valence-corrected chi connectivity index (χ1v) is 6.98. The second-order valence-corrected chi connectivity index (χ2v) is 5.15. The van der Waals surface area contributed by atoms with Gasteiger partial charge in [0, 0.05) is 19.3 Å². The molecule has 7 nitrogen and oxygen atoms in total. The fraction of sp³-hybridized carbons (Fsp3) is 0.250. The Hall–Kier alpha value is -3.14. The lowest BCUT2D eigenvalue weighted by Gasteiger charge is -2.15. The number of nitrogens with one attached hydrogen (secondary N) is 1. The molecule has 0 aliphatic rings. The van der Waals surface area contributed by atoms with Crippen LogP contribution < -0.4 is 16.6 Å². The van der Waals surface area contributed by atoms with Gasteiger partial charge in [0.15, 0.2) is 0 Å². The summed E-state index contributed by atoms with van der Waals surface area (Å²) in [4.78, 5) is 35.2. The Morgan fingerprint density at radius 1 is 1.26 bits per heavy atom. The zero-order valence-electron chi connectivity index (χ0n) is 12.8. The topological polar surface area (TPSA) is 96.9 Å². The maximum Gasteiger partial charge on any atom is 0.331 e. The van der Waals surface area contributed by atoms with Gasteiger partial charge in [0.05, 0.1) is 17.7 Å². The summed E-state index contributed by atoms with van der Waals surface area (Å²) in [6, 6.07) is 9.88. The number of carbonyl (C=O) groups is 1. The lowest BCUT2D eigenvalue weighted by atomic mass is 10.1. The Kier molecular flexibility index (Phi) is 4.76. The number of carbonyl (C=O) groups excluding carboxylic acids is 1. The highest BCUT2D eigenvalue weighted by Gasteiger charge is 2.11. The van der Waals surface area contributed by atoms with Gasteiger partial charge in [0.25, 0.3) is 5.56 Å². The van der Waals surface area contributed by atoms with Crippen LogP contribution >= 0.6 is 0 Å². The molecule has 2 rings (SSSR count). The molecular formula is C16H16N4O3. The smallest absolute Gasteiger partial charge is 0.331 e. The molecule has 1 N–H and O–H groups in total. The Labute approximate surface area is 132 Å². The van der Waals surface area contributed by atoms with E-state index < -0.39 is 11.2 Å². The van der Waals surface area contributed by atoms with Gasteiger partial charge in [0.1, 0.15) is 6.54 Å². The standard InChI is InChI=1S/C16H16N4O3/c1-11(13-5-3-12(9-17)4-6-13)18-14(21)10-20-8-7-15(22)19(2)16(20)23/h3-8,11H,10H2,1-2H3,(H,18,21). The largest absolute Gasteiger partial charge is 0.348 e. The molecule has 1 aromatic carbocycles. The zero-order chi connectivity index (χ0) is 17.0. The van der Waals surface area contributed by atoms with Crippen molar-refractivity contribution in [1.82, 2.24) is 14.5 Å². The van der Waals surface area contributed by atoms with Gasteiger partial charge in [0.2, 0.25) is 5.91 Å². The summed E-state index contributed by atoms with van der Waals surface area (Å²) >= 11 is 0. The molecule has 0 saturated carbocycles. The van der Waals surface area contributed by atoms with Crippen LogP contribution in [0.4, 0.5) is 0 Å². The van der Waals surface area contributed by atoms with Gasteiger partial charge in [-0.2, -0.15) is 5.26 Å². The van der Waals surface area contributed by atoms with Gasteiger partial charge >= 0.3 is 5.69 Å². The summed E-state index contributed by atoms with van der Waals surface area (Å²) in [6.45, 7) is 1.64. The first-order chi connectivity index (χ1) is 10.9. The van der Waals surface area contributed by atoms with Crippen molar-refractivity contribution in [1.29, 1.82) is 5.26 Å². The van der Waals surface area contributed by atoms with Crippen LogP contribution in [0.5, 0.6) is 0 Å². The zero-order valence-corrected chi connectivity index (χ0v) is 12.8. The molecule has 0 spiro atoms. The molecule has 0 bridgehead atoms.